The third kappa shape index (κ3) is 4.68. The maximum atomic E-state index is 12.7. The first-order chi connectivity index (χ1) is 13.8. The number of carbonyl (C=O) groups is 1. The van der Waals surface area contributed by atoms with Gasteiger partial charge in [-0.05, 0) is 49.1 Å². The van der Waals surface area contributed by atoms with Crippen molar-refractivity contribution in [3.8, 4) is 10.7 Å². The van der Waals surface area contributed by atoms with E-state index < -0.39 is 0 Å². The molecular formula is C22H25N3O2S. The number of aromatic nitrogens is 2. The summed E-state index contributed by atoms with van der Waals surface area (Å²) in [7, 11) is 0. The molecule has 1 amide bonds. The van der Waals surface area contributed by atoms with Crippen LogP contribution in [0, 0.1) is 0 Å². The quantitative estimate of drug-likeness (QED) is 0.552. The summed E-state index contributed by atoms with van der Waals surface area (Å²) in [6, 6.07) is 14.8. The number of aryl methyl sites for hydroxylation is 2. The van der Waals surface area contributed by atoms with Gasteiger partial charge in [-0.2, -0.15) is 4.98 Å². The highest BCUT2D eigenvalue weighted by atomic mass is 32.1. The number of carbonyl (C=O) groups excluding carboxylic acids is 1. The highest BCUT2D eigenvalue weighted by molar-refractivity contribution is 7.13. The van der Waals surface area contributed by atoms with E-state index in [-0.39, 0.29) is 5.91 Å². The molecule has 0 radical (unpaired) electrons. The Hall–Kier alpha value is -2.47. The van der Waals surface area contributed by atoms with Gasteiger partial charge in [0.05, 0.1) is 4.88 Å². The zero-order valence-electron chi connectivity index (χ0n) is 15.9. The fourth-order valence-electron chi connectivity index (χ4n) is 3.84. The van der Waals surface area contributed by atoms with Crippen molar-refractivity contribution in [2.45, 2.75) is 51.0 Å². The van der Waals surface area contributed by atoms with E-state index in [0.717, 1.165) is 43.5 Å². The van der Waals surface area contributed by atoms with Gasteiger partial charge < -0.3 is 9.42 Å². The summed E-state index contributed by atoms with van der Waals surface area (Å²) in [5.74, 6) is 1.50. The number of thiophene rings is 1. The van der Waals surface area contributed by atoms with E-state index >= 15 is 0 Å². The maximum Gasteiger partial charge on any atom is 0.226 e. The monoisotopic (exact) mass is 395 g/mol. The fraction of sp³-hybridized carbons (Fsp3) is 0.409. The largest absolute Gasteiger partial charge is 0.340 e. The molecule has 0 bridgehead atoms. The smallest absolute Gasteiger partial charge is 0.226 e. The summed E-state index contributed by atoms with van der Waals surface area (Å²) >= 11 is 1.59. The molecule has 1 aliphatic rings. The van der Waals surface area contributed by atoms with E-state index in [1.807, 2.05) is 23.6 Å². The number of amides is 1. The molecule has 3 heterocycles. The van der Waals surface area contributed by atoms with E-state index in [2.05, 4.69) is 39.3 Å². The molecule has 6 heteroatoms. The van der Waals surface area contributed by atoms with Gasteiger partial charge in [0, 0.05) is 25.4 Å². The van der Waals surface area contributed by atoms with Crippen molar-refractivity contribution in [3.05, 3.63) is 59.3 Å². The standard InChI is InChI=1S/C22H25N3O2S/c26-21(12-4-11-20-23-22(24-27-20)19-10-6-16-28-19)25-15-5-9-18(25)14-13-17-7-2-1-3-8-17/h1-3,6-8,10,16,18H,4-5,9,11-15H2. The second-order valence-corrected chi connectivity index (χ2v) is 8.20. The van der Waals surface area contributed by atoms with Crippen LogP contribution in [0.15, 0.2) is 52.4 Å². The molecule has 1 aromatic carbocycles. The zero-order chi connectivity index (χ0) is 19.2. The number of hydrogen-bond acceptors (Lipinski definition) is 5. The molecule has 1 aliphatic heterocycles. The molecule has 5 nitrogen and oxygen atoms in total. The van der Waals surface area contributed by atoms with Crippen molar-refractivity contribution in [3.63, 3.8) is 0 Å². The lowest BCUT2D eigenvalue weighted by atomic mass is 10.0. The van der Waals surface area contributed by atoms with Gasteiger partial charge >= 0.3 is 0 Å². The Kier molecular flexibility index (Phi) is 6.17. The van der Waals surface area contributed by atoms with Crippen LogP contribution in [0.1, 0.15) is 43.6 Å². The topological polar surface area (TPSA) is 59.2 Å². The van der Waals surface area contributed by atoms with E-state index in [1.165, 1.54) is 5.56 Å². The summed E-state index contributed by atoms with van der Waals surface area (Å²) in [5, 5.41) is 6.02. The third-order valence-corrected chi connectivity index (χ3v) is 6.16. The van der Waals surface area contributed by atoms with Gasteiger partial charge in [0.2, 0.25) is 17.6 Å². The normalized spacial score (nSPS) is 16.6. The minimum absolute atomic E-state index is 0.258. The van der Waals surface area contributed by atoms with Gasteiger partial charge in [-0.3, -0.25) is 4.79 Å². The molecule has 28 heavy (non-hydrogen) atoms. The van der Waals surface area contributed by atoms with Crippen molar-refractivity contribution in [1.82, 2.24) is 15.0 Å². The zero-order valence-corrected chi connectivity index (χ0v) is 16.7. The predicted octanol–water partition coefficient (Wildman–Crippen LogP) is 4.74. The van der Waals surface area contributed by atoms with Crippen LogP contribution in [-0.4, -0.2) is 33.5 Å². The minimum Gasteiger partial charge on any atom is -0.340 e. The van der Waals surface area contributed by atoms with Crippen molar-refractivity contribution in [2.24, 2.45) is 0 Å². The van der Waals surface area contributed by atoms with Crippen LogP contribution in [0.4, 0.5) is 0 Å². The highest BCUT2D eigenvalue weighted by Crippen LogP contribution is 2.24. The number of hydrogen-bond donors (Lipinski definition) is 0. The predicted molar refractivity (Wildman–Crippen MR) is 110 cm³/mol. The van der Waals surface area contributed by atoms with Crippen LogP contribution in [0.2, 0.25) is 0 Å². The van der Waals surface area contributed by atoms with Crippen molar-refractivity contribution in [2.75, 3.05) is 6.54 Å². The van der Waals surface area contributed by atoms with Gasteiger partial charge in [-0.25, -0.2) is 0 Å². The molecule has 1 saturated heterocycles. The molecule has 0 N–H and O–H groups in total. The van der Waals surface area contributed by atoms with E-state index in [0.29, 0.717) is 30.6 Å². The number of rotatable bonds is 8. The lowest BCUT2D eigenvalue weighted by Crippen LogP contribution is -2.35. The van der Waals surface area contributed by atoms with Crippen molar-refractivity contribution >= 4 is 17.2 Å². The van der Waals surface area contributed by atoms with Gasteiger partial charge in [0.25, 0.3) is 0 Å². The first-order valence-corrected chi connectivity index (χ1v) is 10.9. The summed E-state index contributed by atoms with van der Waals surface area (Å²) in [6.07, 6.45) is 6.23. The summed E-state index contributed by atoms with van der Waals surface area (Å²) in [6.45, 7) is 0.890. The summed E-state index contributed by atoms with van der Waals surface area (Å²) in [4.78, 5) is 20.2. The molecule has 146 valence electrons. The first kappa shape index (κ1) is 18.9. The molecule has 1 atom stereocenters. The molecule has 4 rings (SSSR count). The van der Waals surface area contributed by atoms with Crippen LogP contribution >= 0.6 is 11.3 Å². The molecule has 0 saturated carbocycles. The lowest BCUT2D eigenvalue weighted by Gasteiger charge is -2.25. The van der Waals surface area contributed by atoms with Crippen LogP contribution < -0.4 is 0 Å². The Morgan fingerprint density at radius 3 is 2.89 bits per heavy atom. The first-order valence-electron chi connectivity index (χ1n) is 9.99. The maximum absolute atomic E-state index is 12.7. The molecule has 1 fully saturated rings. The third-order valence-electron chi connectivity index (χ3n) is 5.30. The molecule has 0 spiro atoms. The number of nitrogens with zero attached hydrogens (tertiary/aromatic N) is 3. The highest BCUT2D eigenvalue weighted by Gasteiger charge is 2.27. The summed E-state index contributed by atoms with van der Waals surface area (Å²) in [5.41, 5.74) is 1.35. The van der Waals surface area contributed by atoms with E-state index in [1.54, 1.807) is 11.3 Å². The van der Waals surface area contributed by atoms with Crippen molar-refractivity contribution < 1.29 is 9.32 Å². The van der Waals surface area contributed by atoms with E-state index in [9.17, 15) is 4.79 Å². The average Bonchev–Trinajstić information content (AvgIpc) is 3.48. The molecule has 1 unspecified atom stereocenters. The van der Waals surface area contributed by atoms with E-state index in [4.69, 9.17) is 4.52 Å². The van der Waals surface area contributed by atoms with Gasteiger partial charge in [-0.15, -0.1) is 11.3 Å². The number of benzene rings is 1. The van der Waals surface area contributed by atoms with Gasteiger partial charge in [0.1, 0.15) is 0 Å². The Balaban J connectivity index is 1.24. The van der Waals surface area contributed by atoms with Gasteiger partial charge in [0.15, 0.2) is 0 Å². The Morgan fingerprint density at radius 2 is 2.07 bits per heavy atom. The molecule has 0 aliphatic carbocycles. The molecular weight excluding hydrogens is 370 g/mol. The second kappa shape index (κ2) is 9.15. The van der Waals surface area contributed by atoms with Gasteiger partial charge in [-0.1, -0.05) is 41.6 Å². The van der Waals surface area contributed by atoms with Crippen LogP contribution in [-0.2, 0) is 17.6 Å². The fourth-order valence-corrected chi connectivity index (χ4v) is 4.49. The molecule has 2 aromatic heterocycles. The van der Waals surface area contributed by atoms with Crippen molar-refractivity contribution in [1.29, 1.82) is 0 Å². The number of likely N-dealkylation sites (tertiary alicyclic amines) is 1. The lowest BCUT2D eigenvalue weighted by molar-refractivity contribution is -0.132. The summed E-state index contributed by atoms with van der Waals surface area (Å²) < 4.78 is 5.33. The minimum atomic E-state index is 0.258. The van der Waals surface area contributed by atoms with Crippen LogP contribution in [0.3, 0.4) is 0 Å². The Morgan fingerprint density at radius 1 is 1.18 bits per heavy atom. The average molecular weight is 396 g/mol. The molecule has 3 aromatic rings. The van der Waals surface area contributed by atoms with Crippen LogP contribution in [0.5, 0.6) is 0 Å². The Labute approximate surface area is 169 Å². The SMILES string of the molecule is O=C(CCCc1nc(-c2cccs2)no1)N1CCCC1CCc1ccccc1. The Bertz CT molecular complexity index is 876. The van der Waals surface area contributed by atoms with Crippen LogP contribution in [0.25, 0.3) is 10.7 Å². The second-order valence-electron chi connectivity index (χ2n) is 7.25.